The van der Waals surface area contributed by atoms with E-state index in [1.165, 1.54) is 12.1 Å². The lowest BCUT2D eigenvalue weighted by molar-refractivity contribution is 0.0384. The molecule has 2 heterocycles. The largest absolute Gasteiger partial charge is 0.379 e. The van der Waals surface area contributed by atoms with Crippen molar-refractivity contribution in [3.8, 4) is 0 Å². The molecular weight excluding hydrogens is 381 g/mol. The van der Waals surface area contributed by atoms with Crippen LogP contribution in [0.15, 0.2) is 59.4 Å². The fraction of sp³-hybridized carbons (Fsp3) is 0.375. The van der Waals surface area contributed by atoms with Crippen LogP contribution in [0.1, 0.15) is 11.1 Å². The number of aryl methyl sites for hydroxylation is 2. The minimum Gasteiger partial charge on any atom is -0.379 e. The molecule has 0 saturated carbocycles. The Morgan fingerprint density at radius 1 is 1.00 bits per heavy atom. The Hall–Kier alpha value is -2.54. The minimum absolute atomic E-state index is 0.0529. The van der Waals surface area contributed by atoms with Crippen molar-refractivity contribution in [3.05, 3.63) is 81.9 Å². The second-order valence-electron chi connectivity index (χ2n) is 7.70. The maximum Gasteiger partial charge on any atom is 0.255 e. The van der Waals surface area contributed by atoms with E-state index in [0.717, 1.165) is 56.8 Å². The Morgan fingerprint density at radius 2 is 1.80 bits per heavy atom. The number of pyridine rings is 1. The van der Waals surface area contributed by atoms with Crippen LogP contribution in [0.4, 0.5) is 4.39 Å². The van der Waals surface area contributed by atoms with Crippen LogP contribution >= 0.6 is 0 Å². The van der Waals surface area contributed by atoms with E-state index in [2.05, 4.69) is 10.2 Å². The fourth-order valence-corrected chi connectivity index (χ4v) is 3.92. The summed E-state index contributed by atoms with van der Waals surface area (Å²) in [4.78, 5) is 15.5. The Bertz CT molecular complexity index is 1030. The zero-order valence-corrected chi connectivity index (χ0v) is 17.1. The van der Waals surface area contributed by atoms with E-state index in [1.54, 1.807) is 10.6 Å². The summed E-state index contributed by atoms with van der Waals surface area (Å²) in [6.07, 6.45) is 0.722. The molecule has 30 heavy (non-hydrogen) atoms. The summed E-state index contributed by atoms with van der Waals surface area (Å²) in [5.74, 6) is -0.327. The van der Waals surface area contributed by atoms with Gasteiger partial charge < -0.3 is 14.6 Å². The van der Waals surface area contributed by atoms with Crippen LogP contribution in [0.5, 0.6) is 0 Å². The van der Waals surface area contributed by atoms with Crippen LogP contribution < -0.4 is 10.9 Å². The highest BCUT2D eigenvalue weighted by Gasteiger charge is 2.12. The molecule has 158 valence electrons. The van der Waals surface area contributed by atoms with Gasteiger partial charge in [-0.05, 0) is 41.6 Å². The molecule has 1 fully saturated rings. The molecule has 5 nitrogen and oxygen atoms in total. The highest BCUT2D eigenvalue weighted by molar-refractivity contribution is 5.79. The highest BCUT2D eigenvalue weighted by Crippen LogP contribution is 2.16. The Labute approximate surface area is 176 Å². The first kappa shape index (κ1) is 20.7. The van der Waals surface area contributed by atoms with E-state index in [4.69, 9.17) is 4.74 Å². The number of aromatic nitrogens is 1. The average molecular weight is 410 g/mol. The quantitative estimate of drug-likeness (QED) is 0.581. The number of halogens is 1. The van der Waals surface area contributed by atoms with E-state index in [9.17, 15) is 9.18 Å². The van der Waals surface area contributed by atoms with Gasteiger partial charge in [0.05, 0.1) is 18.7 Å². The van der Waals surface area contributed by atoms with Crippen molar-refractivity contribution in [1.82, 2.24) is 14.8 Å². The molecule has 1 saturated heterocycles. The van der Waals surface area contributed by atoms with Gasteiger partial charge in [0, 0.05) is 44.8 Å². The predicted molar refractivity (Wildman–Crippen MR) is 117 cm³/mol. The normalized spacial score (nSPS) is 15.0. The molecule has 2 aromatic carbocycles. The summed E-state index contributed by atoms with van der Waals surface area (Å²) in [5, 5.41) is 4.28. The van der Waals surface area contributed by atoms with Gasteiger partial charge in [0.25, 0.3) is 5.56 Å². The smallest absolute Gasteiger partial charge is 0.255 e. The number of morpholine rings is 1. The molecule has 0 aliphatic carbocycles. The van der Waals surface area contributed by atoms with Gasteiger partial charge in [-0.2, -0.15) is 0 Å². The van der Waals surface area contributed by atoms with Crippen molar-refractivity contribution in [1.29, 1.82) is 0 Å². The van der Waals surface area contributed by atoms with Gasteiger partial charge in [0.15, 0.2) is 0 Å². The summed E-state index contributed by atoms with van der Waals surface area (Å²) in [6, 6.07) is 16.6. The zero-order valence-electron chi connectivity index (χ0n) is 17.1. The van der Waals surface area contributed by atoms with Crippen LogP contribution in [0.25, 0.3) is 10.9 Å². The van der Waals surface area contributed by atoms with E-state index in [-0.39, 0.29) is 11.4 Å². The number of fused-ring (bicyclic) bond motifs is 1. The number of benzene rings is 2. The first-order chi connectivity index (χ1) is 14.7. The Morgan fingerprint density at radius 3 is 2.60 bits per heavy atom. The van der Waals surface area contributed by atoms with Crippen molar-refractivity contribution < 1.29 is 9.13 Å². The molecule has 6 heteroatoms. The number of nitrogens with zero attached hydrogens (tertiary/aromatic N) is 2. The van der Waals surface area contributed by atoms with Crippen LogP contribution in [0, 0.1) is 5.82 Å². The van der Waals surface area contributed by atoms with Gasteiger partial charge in [0.2, 0.25) is 0 Å². The maximum absolute atomic E-state index is 13.9. The van der Waals surface area contributed by atoms with Crippen LogP contribution in [-0.4, -0.2) is 48.9 Å². The van der Waals surface area contributed by atoms with E-state index in [1.807, 2.05) is 36.4 Å². The second kappa shape index (κ2) is 9.98. The molecule has 1 aliphatic heterocycles. The maximum atomic E-state index is 13.9. The molecule has 0 radical (unpaired) electrons. The van der Waals surface area contributed by atoms with Gasteiger partial charge in [0.1, 0.15) is 5.82 Å². The topological polar surface area (TPSA) is 46.5 Å². The van der Waals surface area contributed by atoms with Crippen LogP contribution in [0.3, 0.4) is 0 Å². The summed E-state index contributed by atoms with van der Waals surface area (Å²) in [5.41, 5.74) is 2.46. The molecule has 1 aromatic heterocycles. The summed E-state index contributed by atoms with van der Waals surface area (Å²) in [7, 11) is 0. The van der Waals surface area contributed by atoms with Crippen molar-refractivity contribution in [2.24, 2.45) is 0 Å². The van der Waals surface area contributed by atoms with Gasteiger partial charge >= 0.3 is 0 Å². The molecule has 1 aliphatic rings. The van der Waals surface area contributed by atoms with Gasteiger partial charge in [-0.25, -0.2) is 4.39 Å². The third-order valence-corrected chi connectivity index (χ3v) is 5.62. The monoisotopic (exact) mass is 409 g/mol. The molecule has 3 aromatic rings. The van der Waals surface area contributed by atoms with Gasteiger partial charge in [-0.1, -0.05) is 30.3 Å². The number of nitrogens with one attached hydrogen (secondary N) is 1. The zero-order chi connectivity index (χ0) is 20.8. The molecule has 4 rings (SSSR count). The number of ether oxygens (including phenoxy) is 1. The number of hydrogen-bond donors (Lipinski definition) is 1. The summed E-state index contributed by atoms with van der Waals surface area (Å²) in [6.45, 7) is 6.24. The molecule has 1 N–H and O–H groups in total. The van der Waals surface area contributed by atoms with Gasteiger partial charge in [-0.15, -0.1) is 0 Å². The lowest BCUT2D eigenvalue weighted by atomic mass is 10.1. The molecule has 0 spiro atoms. The summed E-state index contributed by atoms with van der Waals surface area (Å²) >= 11 is 0. The molecule has 0 amide bonds. The molecule has 0 bridgehead atoms. The third kappa shape index (κ3) is 5.14. The predicted octanol–water partition coefficient (Wildman–Crippen LogP) is 2.81. The number of rotatable bonds is 8. The first-order valence-electron chi connectivity index (χ1n) is 10.6. The first-order valence-corrected chi connectivity index (χ1v) is 10.6. The average Bonchev–Trinajstić information content (AvgIpc) is 2.78. The fourth-order valence-electron chi connectivity index (χ4n) is 3.92. The Kier molecular flexibility index (Phi) is 6.89. The van der Waals surface area contributed by atoms with Crippen LogP contribution in [0.2, 0.25) is 0 Å². The van der Waals surface area contributed by atoms with Gasteiger partial charge in [-0.3, -0.25) is 9.69 Å². The van der Waals surface area contributed by atoms with Crippen molar-refractivity contribution in [2.45, 2.75) is 19.5 Å². The Balaban J connectivity index is 1.50. The lowest BCUT2D eigenvalue weighted by Crippen LogP contribution is -2.40. The second-order valence-corrected chi connectivity index (χ2v) is 7.70. The SMILES string of the molecule is O=c1c(CNCCN2CCOCC2)cc2ccc(F)cc2n1CCc1ccccc1. The van der Waals surface area contributed by atoms with Crippen LogP contribution in [-0.2, 0) is 24.2 Å². The van der Waals surface area contributed by atoms with Crippen molar-refractivity contribution in [2.75, 3.05) is 39.4 Å². The van der Waals surface area contributed by atoms with E-state index < -0.39 is 0 Å². The number of hydrogen-bond acceptors (Lipinski definition) is 4. The van der Waals surface area contributed by atoms with Crippen molar-refractivity contribution >= 4 is 10.9 Å². The van der Waals surface area contributed by atoms with Crippen molar-refractivity contribution in [3.63, 3.8) is 0 Å². The molecular formula is C24H28FN3O2. The van der Waals surface area contributed by atoms with E-state index in [0.29, 0.717) is 24.2 Å². The highest BCUT2D eigenvalue weighted by atomic mass is 19.1. The minimum atomic E-state index is -0.327. The third-order valence-electron chi connectivity index (χ3n) is 5.62. The summed E-state index contributed by atoms with van der Waals surface area (Å²) < 4.78 is 21.0. The lowest BCUT2D eigenvalue weighted by Gasteiger charge is -2.26. The standard InChI is InChI=1S/C24H28FN3O2/c25-22-7-6-20-16-21(18-26-9-11-27-12-14-30-15-13-27)24(29)28(23(20)17-22)10-8-19-4-2-1-3-5-19/h1-7,16-17,26H,8-15,18H2. The molecule has 0 unspecified atom stereocenters. The molecule has 0 atom stereocenters. The van der Waals surface area contributed by atoms with E-state index >= 15 is 0 Å².